The number of alkyl halides is 7. The molecule has 8 nitrogen and oxygen atoms in total. The number of carbonyl (C=O) groups is 1. The number of ether oxygens (including phenoxy) is 1. The first-order valence-corrected chi connectivity index (χ1v) is 11.5. The van der Waals surface area contributed by atoms with Gasteiger partial charge in [-0.15, -0.1) is 0 Å². The molecule has 1 saturated carbocycles. The van der Waals surface area contributed by atoms with Crippen LogP contribution in [0.4, 0.5) is 30.7 Å². The maximum absolute atomic E-state index is 13.8. The van der Waals surface area contributed by atoms with E-state index in [-0.39, 0.29) is 28.3 Å². The molecule has 1 aromatic carbocycles. The molecule has 0 aliphatic heterocycles. The van der Waals surface area contributed by atoms with Crippen molar-refractivity contribution in [2.24, 2.45) is 0 Å². The molecule has 0 atom stereocenters. The number of amides is 1. The highest BCUT2D eigenvalue weighted by Gasteiger charge is 2.62. The summed E-state index contributed by atoms with van der Waals surface area (Å²) in [4.78, 5) is 14.6. The van der Waals surface area contributed by atoms with Gasteiger partial charge in [0.2, 0.25) is 0 Å². The normalized spacial score (nSPS) is 15.3. The molecule has 39 heavy (non-hydrogen) atoms. The van der Waals surface area contributed by atoms with E-state index in [1.807, 2.05) is 0 Å². The maximum Gasteiger partial charge on any atom is 0.459 e. The van der Waals surface area contributed by atoms with E-state index in [1.54, 1.807) is 6.92 Å². The number of nitrogens with zero attached hydrogens (tertiary/aromatic N) is 4. The van der Waals surface area contributed by atoms with Crippen LogP contribution in [0, 0.1) is 16.7 Å². The molecule has 1 aromatic heterocycles. The van der Waals surface area contributed by atoms with Crippen LogP contribution in [0.25, 0.3) is 16.9 Å². The minimum atomic E-state index is -6.27. The highest BCUT2D eigenvalue weighted by molar-refractivity contribution is 6.34. The number of nitrogens with one attached hydrogen (secondary N) is 2. The standard InChI is InChI=1S/C23H20ClF7N6O2/c1-3-36(21(11-32)6-7-21)19(38)14-8-12(4-5-15(14)24)13-9-35-37(10-13)18(34-2)16(39-20(25)26)17(33)22(27,28)23(29,30)31/h4-5,8-10,20,33-34H,3,6-7H2,1-2H3/b18-16-,33-17?. The third-order valence-electron chi connectivity index (χ3n) is 5.91. The van der Waals surface area contributed by atoms with E-state index >= 15 is 0 Å². The number of carbonyl (C=O) groups excluding carboxylic acids is 1. The fourth-order valence-corrected chi connectivity index (χ4v) is 3.95. The SMILES string of the molecule is CCN(C(=O)c1cc(-c2cnn(/C(NC)=C(\OC(F)F)C(=N)C(F)(F)C(F)(F)F)c2)ccc1Cl)C1(C#N)CC1. The predicted octanol–water partition coefficient (Wildman–Crippen LogP) is 5.52. The van der Waals surface area contributed by atoms with Crippen molar-refractivity contribution < 1.29 is 40.3 Å². The van der Waals surface area contributed by atoms with Gasteiger partial charge in [-0.25, -0.2) is 4.68 Å². The molecule has 1 aliphatic carbocycles. The van der Waals surface area contributed by atoms with Crippen LogP contribution >= 0.6 is 11.6 Å². The minimum absolute atomic E-state index is 0.0305. The van der Waals surface area contributed by atoms with Crippen LogP contribution in [0.2, 0.25) is 5.02 Å². The lowest BCUT2D eigenvalue weighted by atomic mass is 10.0. The van der Waals surface area contributed by atoms with Crippen LogP contribution in [0.1, 0.15) is 30.1 Å². The number of hydrogen-bond donors (Lipinski definition) is 2. The van der Waals surface area contributed by atoms with E-state index in [9.17, 15) is 40.8 Å². The molecule has 1 fully saturated rings. The van der Waals surface area contributed by atoms with Gasteiger partial charge in [-0.2, -0.15) is 41.1 Å². The second kappa shape index (κ2) is 10.8. The maximum atomic E-state index is 13.8. The average Bonchev–Trinajstić information content (AvgIpc) is 3.50. The molecule has 2 N–H and O–H groups in total. The number of nitriles is 1. The van der Waals surface area contributed by atoms with Crippen molar-refractivity contribution in [3.8, 4) is 17.2 Å². The highest BCUT2D eigenvalue weighted by Crippen LogP contribution is 2.42. The predicted molar refractivity (Wildman–Crippen MR) is 125 cm³/mol. The number of allylic oxidation sites excluding steroid dienone is 1. The Morgan fingerprint density at radius 3 is 2.44 bits per heavy atom. The second-order valence-corrected chi connectivity index (χ2v) is 8.72. The van der Waals surface area contributed by atoms with Crippen molar-refractivity contribution in [3.63, 3.8) is 0 Å². The molecule has 0 spiro atoms. The largest absolute Gasteiger partial charge is 0.459 e. The lowest BCUT2D eigenvalue weighted by Crippen LogP contribution is -2.45. The zero-order valence-corrected chi connectivity index (χ0v) is 21.0. The third-order valence-corrected chi connectivity index (χ3v) is 6.24. The van der Waals surface area contributed by atoms with Crippen molar-refractivity contribution in [2.75, 3.05) is 13.6 Å². The van der Waals surface area contributed by atoms with E-state index < -0.39 is 47.4 Å². The van der Waals surface area contributed by atoms with E-state index in [0.29, 0.717) is 17.5 Å². The summed E-state index contributed by atoms with van der Waals surface area (Å²) in [5, 5.41) is 22.8. The van der Waals surface area contributed by atoms with Crippen LogP contribution < -0.4 is 5.32 Å². The van der Waals surface area contributed by atoms with Crippen molar-refractivity contribution in [3.05, 3.63) is 46.9 Å². The van der Waals surface area contributed by atoms with Crippen molar-refractivity contribution >= 4 is 29.0 Å². The van der Waals surface area contributed by atoms with Crippen molar-refractivity contribution in [1.82, 2.24) is 20.0 Å². The Bertz CT molecular complexity index is 1350. The van der Waals surface area contributed by atoms with Crippen LogP contribution in [0.3, 0.4) is 0 Å². The lowest BCUT2D eigenvalue weighted by Gasteiger charge is -2.26. The molecule has 16 heteroatoms. The van der Waals surface area contributed by atoms with Gasteiger partial charge in [0.05, 0.1) is 22.9 Å². The number of halogens is 8. The first-order valence-electron chi connectivity index (χ1n) is 11.1. The number of aromatic nitrogens is 2. The van der Waals surface area contributed by atoms with Gasteiger partial charge in [-0.1, -0.05) is 17.7 Å². The molecule has 0 radical (unpaired) electrons. The molecule has 3 rings (SSSR count). The Morgan fingerprint density at radius 2 is 1.95 bits per heavy atom. The van der Waals surface area contributed by atoms with Crippen LogP contribution in [0.5, 0.6) is 0 Å². The highest BCUT2D eigenvalue weighted by atomic mass is 35.5. The Kier molecular flexibility index (Phi) is 8.21. The fraction of sp³-hybridized carbons (Fsp3) is 0.391. The fourth-order valence-electron chi connectivity index (χ4n) is 3.75. The summed E-state index contributed by atoms with van der Waals surface area (Å²) in [5.41, 5.74) is -3.02. The molecule has 0 bridgehead atoms. The zero-order valence-electron chi connectivity index (χ0n) is 20.2. The summed E-state index contributed by atoms with van der Waals surface area (Å²) in [6, 6.07) is 6.32. The Balaban J connectivity index is 2.06. The lowest BCUT2D eigenvalue weighted by molar-refractivity contribution is -0.250. The van der Waals surface area contributed by atoms with Gasteiger partial charge >= 0.3 is 18.7 Å². The van der Waals surface area contributed by atoms with Gasteiger partial charge in [0, 0.05) is 25.4 Å². The van der Waals surface area contributed by atoms with Crippen LogP contribution in [-0.4, -0.2) is 64.1 Å². The van der Waals surface area contributed by atoms with Gasteiger partial charge in [0.1, 0.15) is 5.54 Å². The molecule has 1 amide bonds. The molecule has 0 unspecified atom stereocenters. The van der Waals surface area contributed by atoms with Crippen molar-refractivity contribution in [2.45, 2.75) is 44.0 Å². The Hall–Kier alpha value is -3.80. The molecule has 1 aliphatic rings. The molecule has 0 saturated heterocycles. The summed E-state index contributed by atoms with van der Waals surface area (Å²) < 4.78 is 96.7. The zero-order chi connectivity index (χ0) is 29.3. The number of hydrogen-bond acceptors (Lipinski definition) is 6. The van der Waals surface area contributed by atoms with E-state index in [1.165, 1.54) is 23.1 Å². The molecule has 2 aromatic rings. The van der Waals surface area contributed by atoms with Gasteiger partial charge in [0.15, 0.2) is 17.3 Å². The van der Waals surface area contributed by atoms with Gasteiger partial charge in [0.25, 0.3) is 5.91 Å². The Morgan fingerprint density at radius 1 is 1.31 bits per heavy atom. The topological polar surface area (TPSA) is 107 Å². The van der Waals surface area contributed by atoms with E-state index in [0.717, 1.165) is 19.4 Å². The van der Waals surface area contributed by atoms with Gasteiger partial charge < -0.3 is 15.0 Å². The quantitative estimate of drug-likeness (QED) is 0.219. The summed E-state index contributed by atoms with van der Waals surface area (Å²) in [6.07, 6.45) is -3.10. The molecule has 1 heterocycles. The summed E-state index contributed by atoms with van der Waals surface area (Å²) in [5.74, 6) is -9.06. The monoisotopic (exact) mass is 580 g/mol. The van der Waals surface area contributed by atoms with Gasteiger partial charge in [-0.3, -0.25) is 10.2 Å². The smallest absolute Gasteiger partial charge is 0.429 e. The summed E-state index contributed by atoms with van der Waals surface area (Å²) >= 11 is 6.23. The van der Waals surface area contributed by atoms with Crippen molar-refractivity contribution in [1.29, 1.82) is 10.7 Å². The third kappa shape index (κ3) is 5.65. The minimum Gasteiger partial charge on any atom is -0.429 e. The summed E-state index contributed by atoms with van der Waals surface area (Å²) in [6.45, 7) is -1.93. The Labute approximate surface area is 222 Å². The second-order valence-electron chi connectivity index (χ2n) is 8.31. The molecular weight excluding hydrogens is 561 g/mol. The first-order chi connectivity index (χ1) is 18.1. The van der Waals surface area contributed by atoms with Crippen LogP contribution in [0.15, 0.2) is 36.4 Å². The van der Waals surface area contributed by atoms with E-state index in [2.05, 4.69) is 21.2 Å². The first kappa shape index (κ1) is 29.8. The number of benzene rings is 1. The molecule has 210 valence electrons. The molecular formula is C23H20ClF7N6O2. The number of rotatable bonds is 10. The van der Waals surface area contributed by atoms with Gasteiger partial charge in [-0.05, 0) is 37.5 Å². The van der Waals surface area contributed by atoms with Crippen LogP contribution in [-0.2, 0) is 4.74 Å². The average molecular weight is 581 g/mol. The van der Waals surface area contributed by atoms with E-state index in [4.69, 9.17) is 17.0 Å². The summed E-state index contributed by atoms with van der Waals surface area (Å²) in [7, 11) is 1.01.